The average Bonchev–Trinajstić information content (AvgIpc) is 2.93. The zero-order valence-corrected chi connectivity index (χ0v) is 18.1. The van der Waals surface area contributed by atoms with Gasteiger partial charge in [-0.15, -0.1) is 16.9 Å². The number of rotatable bonds is 6. The van der Waals surface area contributed by atoms with Gasteiger partial charge in [0, 0.05) is 6.42 Å². The maximum Gasteiger partial charge on any atom is 0.176 e. The van der Waals surface area contributed by atoms with Crippen molar-refractivity contribution in [3.63, 3.8) is 0 Å². The molecule has 25 heavy (non-hydrogen) atoms. The Morgan fingerprint density at radius 2 is 1.64 bits per heavy atom. The zero-order chi connectivity index (χ0) is 17.7. The predicted molar refractivity (Wildman–Crippen MR) is 116 cm³/mol. The summed E-state index contributed by atoms with van der Waals surface area (Å²) in [4.78, 5) is 0. The summed E-state index contributed by atoms with van der Waals surface area (Å²) in [5.74, 6) is 5.69. The van der Waals surface area contributed by atoms with Gasteiger partial charge in [0.15, 0.2) is 14.8 Å². The Balaban J connectivity index is 1.87. The smallest absolute Gasteiger partial charge is 0.126 e. The number of allylic oxidation sites excluding steroid dienone is 2. The van der Waals surface area contributed by atoms with Crippen molar-refractivity contribution in [3.05, 3.63) is 10.7 Å². The van der Waals surface area contributed by atoms with E-state index in [-0.39, 0.29) is 0 Å². The van der Waals surface area contributed by atoms with Crippen molar-refractivity contribution in [3.8, 4) is 11.5 Å². The van der Waals surface area contributed by atoms with Crippen LogP contribution in [0.15, 0.2) is 10.7 Å². The van der Waals surface area contributed by atoms with Crippen LogP contribution in [0.25, 0.3) is 0 Å². The van der Waals surface area contributed by atoms with E-state index in [1.807, 2.05) is 10.7 Å². The molecule has 1 unspecified atom stereocenters. The summed E-state index contributed by atoms with van der Waals surface area (Å²) in [6.07, 6.45) is 18.3. The summed E-state index contributed by atoms with van der Waals surface area (Å²) in [6, 6.07) is 1.44. The summed E-state index contributed by atoms with van der Waals surface area (Å²) in [5, 5.41) is 1.95. The lowest BCUT2D eigenvalue weighted by Crippen LogP contribution is -2.37. The first-order valence-electron chi connectivity index (χ1n) is 11.4. The highest BCUT2D eigenvalue weighted by Gasteiger charge is 2.47. The van der Waals surface area contributed by atoms with Gasteiger partial charge in [0.1, 0.15) is 0 Å². The minimum Gasteiger partial charge on any atom is -0.126 e. The summed E-state index contributed by atoms with van der Waals surface area (Å²) in [7, 11) is -1.48. The second-order valence-corrected chi connectivity index (χ2v) is 13.3. The van der Waals surface area contributed by atoms with Gasteiger partial charge >= 0.3 is 0 Å². The Morgan fingerprint density at radius 3 is 2.24 bits per heavy atom. The average molecular weight is 354 g/mol. The molecule has 0 aromatic rings. The lowest BCUT2D eigenvalue weighted by molar-refractivity contribution is 0.445. The molecule has 2 heteroatoms. The summed E-state index contributed by atoms with van der Waals surface area (Å²) in [6.45, 7) is 8.23. The molecule has 1 atom stereocenters. The fraction of sp³-hybridized carbons (Fsp3) is 0.826. The minimum atomic E-state index is -1.48. The highest BCUT2D eigenvalue weighted by Crippen LogP contribution is 2.53. The number of unbranched alkanes of at least 4 members (excludes halogenated alkanes) is 3. The number of hydrogen-bond donors (Lipinski definition) is 0. The molecular formula is C23H39BSi. The van der Waals surface area contributed by atoms with Crippen molar-refractivity contribution >= 4 is 14.8 Å². The number of fused-ring (bicyclic) bond motifs is 2. The van der Waals surface area contributed by atoms with Crippen molar-refractivity contribution in [2.45, 2.75) is 122 Å². The molecule has 0 amide bonds. The second kappa shape index (κ2) is 8.99. The van der Waals surface area contributed by atoms with Crippen molar-refractivity contribution in [1.29, 1.82) is 0 Å². The Morgan fingerprint density at radius 1 is 1.00 bits per heavy atom. The summed E-state index contributed by atoms with van der Waals surface area (Å²) in [5.41, 5.74) is 5.89. The lowest BCUT2D eigenvalue weighted by atomic mass is 9.24. The summed E-state index contributed by atoms with van der Waals surface area (Å²) >= 11 is 0. The first-order chi connectivity index (χ1) is 12.2. The van der Waals surface area contributed by atoms with Crippen molar-refractivity contribution in [2.75, 3.05) is 0 Å². The van der Waals surface area contributed by atoms with E-state index in [1.165, 1.54) is 83.1 Å². The highest BCUT2D eigenvalue weighted by atomic mass is 28.3. The molecule has 0 spiro atoms. The summed E-state index contributed by atoms with van der Waals surface area (Å²) < 4.78 is 0. The van der Waals surface area contributed by atoms with Crippen molar-refractivity contribution in [2.24, 2.45) is 0 Å². The third kappa shape index (κ3) is 4.29. The first-order valence-corrected chi connectivity index (χ1v) is 14.1. The van der Waals surface area contributed by atoms with Gasteiger partial charge in [-0.2, -0.15) is 0 Å². The van der Waals surface area contributed by atoms with Gasteiger partial charge in [-0.3, -0.25) is 0 Å². The quantitative estimate of drug-likeness (QED) is 0.265. The van der Waals surface area contributed by atoms with E-state index >= 15 is 0 Å². The molecule has 2 fully saturated rings. The molecule has 3 rings (SSSR count). The fourth-order valence-electron chi connectivity index (χ4n) is 6.10. The molecule has 0 nitrogen and oxygen atoms in total. The molecule has 0 aliphatic carbocycles. The molecule has 3 heterocycles. The van der Waals surface area contributed by atoms with Crippen LogP contribution >= 0.6 is 0 Å². The molecule has 0 radical (unpaired) electrons. The molecule has 0 N–H and O–H groups in total. The van der Waals surface area contributed by atoms with E-state index < -0.39 is 8.07 Å². The molecule has 2 saturated heterocycles. The second-order valence-electron chi connectivity index (χ2n) is 9.25. The Labute approximate surface area is 158 Å². The largest absolute Gasteiger partial charge is 0.176 e. The molecule has 3 aliphatic heterocycles. The van der Waals surface area contributed by atoms with Gasteiger partial charge < -0.3 is 0 Å². The maximum absolute atomic E-state index is 3.92. The van der Waals surface area contributed by atoms with Crippen molar-refractivity contribution in [1.82, 2.24) is 0 Å². The van der Waals surface area contributed by atoms with Crippen molar-refractivity contribution < 1.29 is 0 Å². The SMILES string of the molecule is CCCCC#C[Si]1(C)CCC(B2C3CCCC2CCC3)=C1CCCC. The molecule has 3 aliphatic rings. The topological polar surface area (TPSA) is 0 Å². The minimum absolute atomic E-state index is 0.973. The van der Waals surface area contributed by atoms with Gasteiger partial charge in [-0.05, 0) is 25.3 Å². The molecule has 0 aromatic carbocycles. The zero-order valence-electron chi connectivity index (χ0n) is 17.1. The van der Waals surface area contributed by atoms with Crippen LogP contribution in [0.2, 0.25) is 24.2 Å². The Hall–Kier alpha value is -0.418. The molecule has 2 bridgehead atoms. The van der Waals surface area contributed by atoms with Crippen LogP contribution in [0.4, 0.5) is 0 Å². The van der Waals surface area contributed by atoms with Gasteiger partial charge in [-0.1, -0.05) is 95.0 Å². The third-order valence-electron chi connectivity index (χ3n) is 7.47. The van der Waals surface area contributed by atoms with Gasteiger partial charge in [0.2, 0.25) is 0 Å². The van der Waals surface area contributed by atoms with Gasteiger partial charge in [0.05, 0.1) is 0 Å². The van der Waals surface area contributed by atoms with E-state index in [0.717, 1.165) is 24.8 Å². The van der Waals surface area contributed by atoms with Crippen LogP contribution in [0.3, 0.4) is 0 Å². The fourth-order valence-corrected chi connectivity index (χ4v) is 9.70. The van der Waals surface area contributed by atoms with E-state index in [0.29, 0.717) is 0 Å². The van der Waals surface area contributed by atoms with E-state index in [4.69, 9.17) is 0 Å². The standard InChI is InChI=1S/C23H39BSi/c1-4-6-8-9-18-25(3)19-17-22(23(25)16-7-5-2)24-20-12-10-13-21(24)15-11-14-20/h20-21H,4-8,10-17,19H2,1-3H3. The van der Waals surface area contributed by atoms with Gasteiger partial charge in [0.25, 0.3) is 0 Å². The highest BCUT2D eigenvalue weighted by molar-refractivity contribution is 6.95. The Kier molecular flexibility index (Phi) is 6.95. The predicted octanol–water partition coefficient (Wildman–Crippen LogP) is 7.37. The molecular weight excluding hydrogens is 315 g/mol. The Bertz CT molecular complexity index is 518. The monoisotopic (exact) mass is 354 g/mol. The van der Waals surface area contributed by atoms with Crippen LogP contribution in [0, 0.1) is 11.5 Å². The normalized spacial score (nSPS) is 31.9. The third-order valence-corrected chi connectivity index (χ3v) is 11.3. The van der Waals surface area contributed by atoms with Crippen LogP contribution in [0.1, 0.15) is 97.3 Å². The van der Waals surface area contributed by atoms with Crippen LogP contribution in [0.5, 0.6) is 0 Å². The van der Waals surface area contributed by atoms with Crippen LogP contribution < -0.4 is 0 Å². The lowest BCUT2D eigenvalue weighted by Gasteiger charge is -2.42. The molecule has 138 valence electrons. The van der Waals surface area contributed by atoms with E-state index in [9.17, 15) is 0 Å². The van der Waals surface area contributed by atoms with Crippen LogP contribution in [-0.2, 0) is 0 Å². The maximum atomic E-state index is 3.92. The van der Waals surface area contributed by atoms with Crippen LogP contribution in [-0.4, -0.2) is 14.8 Å². The van der Waals surface area contributed by atoms with E-state index in [2.05, 4.69) is 31.9 Å². The molecule has 0 saturated carbocycles. The molecule has 0 aromatic heterocycles. The first kappa shape index (κ1) is 19.3. The number of hydrogen-bond acceptors (Lipinski definition) is 0. The van der Waals surface area contributed by atoms with E-state index in [1.54, 1.807) is 0 Å². The van der Waals surface area contributed by atoms with Gasteiger partial charge in [-0.25, -0.2) is 0 Å².